The Morgan fingerprint density at radius 1 is 1.37 bits per heavy atom. The van der Waals surface area contributed by atoms with Gasteiger partial charge in [-0.15, -0.1) is 0 Å². The Balaban J connectivity index is 2.58. The Hall–Kier alpha value is -1.33. The number of amides is 1. The lowest BCUT2D eigenvalue weighted by Gasteiger charge is -2.28. The van der Waals surface area contributed by atoms with Gasteiger partial charge in [0.25, 0.3) is 0 Å². The summed E-state index contributed by atoms with van der Waals surface area (Å²) >= 11 is 0. The number of nitrogens with zero attached hydrogens (tertiary/aromatic N) is 2. The van der Waals surface area contributed by atoms with Gasteiger partial charge in [-0.25, -0.2) is 9.52 Å². The van der Waals surface area contributed by atoms with Crippen molar-refractivity contribution in [2.24, 2.45) is 5.92 Å². The average Bonchev–Trinajstić information content (AvgIpc) is 2.25. The van der Waals surface area contributed by atoms with Gasteiger partial charge in [0.2, 0.25) is 0 Å². The van der Waals surface area contributed by atoms with Crippen LogP contribution in [0.1, 0.15) is 33.6 Å². The highest BCUT2D eigenvalue weighted by atomic mass is 32.2. The number of hydrogen-bond acceptors (Lipinski definition) is 5. The van der Waals surface area contributed by atoms with Crippen molar-refractivity contribution in [3.63, 3.8) is 0 Å². The van der Waals surface area contributed by atoms with Gasteiger partial charge in [-0.3, -0.25) is 0 Å². The van der Waals surface area contributed by atoms with Gasteiger partial charge in [-0.2, -0.15) is 18.0 Å². The van der Waals surface area contributed by atoms with Crippen LogP contribution in [0, 0.1) is 17.2 Å². The van der Waals surface area contributed by atoms with Gasteiger partial charge in [0, 0.05) is 19.0 Å². The summed E-state index contributed by atoms with van der Waals surface area (Å²) in [5.41, 5.74) is -0.757. The summed E-state index contributed by atoms with van der Waals surface area (Å²) in [5.74, 6) is -0.118. The number of ether oxygens (including phenoxy) is 1. The highest BCUT2D eigenvalue weighted by Crippen LogP contribution is 2.18. The highest BCUT2D eigenvalue weighted by molar-refractivity contribution is 7.87. The van der Waals surface area contributed by atoms with E-state index < -0.39 is 21.9 Å². The lowest BCUT2D eigenvalue weighted by Crippen LogP contribution is -2.48. The van der Waals surface area contributed by atoms with E-state index in [0.29, 0.717) is 12.8 Å². The number of carbonyl (C=O) groups is 1. The van der Waals surface area contributed by atoms with E-state index in [2.05, 4.69) is 6.07 Å². The summed E-state index contributed by atoms with van der Waals surface area (Å²) in [7, 11) is -3.89. The topological polar surface area (TPSA) is 99.5 Å². The molecule has 8 heteroatoms. The molecule has 0 atom stereocenters. The van der Waals surface area contributed by atoms with Crippen molar-refractivity contribution >= 4 is 16.3 Å². The zero-order valence-electron chi connectivity index (χ0n) is 11.3. The van der Waals surface area contributed by atoms with Crippen LogP contribution in [0.4, 0.5) is 4.79 Å². The fraction of sp³-hybridized carbons (Fsp3) is 0.818. The molecule has 19 heavy (non-hydrogen) atoms. The van der Waals surface area contributed by atoms with Crippen LogP contribution in [-0.4, -0.2) is 37.5 Å². The minimum Gasteiger partial charge on any atom is -0.443 e. The predicted octanol–water partition coefficient (Wildman–Crippen LogP) is 0.991. The maximum Gasteiger partial charge on any atom is 0.422 e. The summed E-state index contributed by atoms with van der Waals surface area (Å²) in [6.07, 6.45) is -0.0350. The molecule has 1 aliphatic rings. The fourth-order valence-electron chi connectivity index (χ4n) is 1.69. The SMILES string of the molecule is CC(C)(C)OC(=O)NS(=O)(=O)N1CCC(C#N)CC1. The van der Waals surface area contributed by atoms with Gasteiger partial charge in [0.05, 0.1) is 6.07 Å². The Kier molecular flexibility index (Phi) is 4.76. The summed E-state index contributed by atoms with van der Waals surface area (Å²) < 4.78 is 31.7. The third-order valence-electron chi connectivity index (χ3n) is 2.59. The molecule has 0 aliphatic carbocycles. The Labute approximate surface area is 113 Å². The molecule has 1 N–H and O–H groups in total. The molecule has 0 aromatic carbocycles. The van der Waals surface area contributed by atoms with Crippen LogP contribution in [0.25, 0.3) is 0 Å². The lowest BCUT2D eigenvalue weighted by molar-refractivity contribution is 0.0566. The largest absolute Gasteiger partial charge is 0.443 e. The van der Waals surface area contributed by atoms with Crippen LogP contribution in [0.3, 0.4) is 0 Å². The van der Waals surface area contributed by atoms with Gasteiger partial charge in [0.1, 0.15) is 5.60 Å². The quantitative estimate of drug-likeness (QED) is 0.817. The molecule has 0 aromatic rings. The Morgan fingerprint density at radius 2 is 1.89 bits per heavy atom. The molecule has 108 valence electrons. The van der Waals surface area contributed by atoms with Crippen molar-refractivity contribution in [1.82, 2.24) is 9.03 Å². The Bertz CT molecular complexity index is 467. The number of nitriles is 1. The fourth-order valence-corrected chi connectivity index (χ4v) is 2.77. The van der Waals surface area contributed by atoms with Gasteiger partial charge in [0.15, 0.2) is 0 Å². The first-order valence-corrected chi connectivity index (χ1v) is 7.48. The molecule has 1 rings (SSSR count). The minimum atomic E-state index is -3.89. The van der Waals surface area contributed by atoms with E-state index in [1.165, 1.54) is 0 Å². The van der Waals surface area contributed by atoms with Gasteiger partial charge in [-0.1, -0.05) is 0 Å². The molecule has 0 radical (unpaired) electrons. The maximum atomic E-state index is 11.9. The molecule has 1 aliphatic heterocycles. The van der Waals surface area contributed by atoms with E-state index >= 15 is 0 Å². The molecule has 1 fully saturated rings. The molecule has 0 aromatic heterocycles. The first-order chi connectivity index (χ1) is 8.64. The molecule has 1 saturated heterocycles. The third kappa shape index (κ3) is 5.04. The van der Waals surface area contributed by atoms with Crippen LogP contribution in [-0.2, 0) is 14.9 Å². The molecular formula is C11H19N3O4S. The minimum absolute atomic E-state index is 0.118. The molecule has 0 unspecified atom stereocenters. The lowest BCUT2D eigenvalue weighted by atomic mass is 10.0. The summed E-state index contributed by atoms with van der Waals surface area (Å²) in [4.78, 5) is 11.4. The second-order valence-electron chi connectivity index (χ2n) is 5.41. The van der Waals surface area contributed by atoms with Crippen molar-refractivity contribution < 1.29 is 17.9 Å². The average molecular weight is 289 g/mol. The van der Waals surface area contributed by atoms with E-state index in [0.717, 1.165) is 4.31 Å². The summed E-state index contributed by atoms with van der Waals surface area (Å²) in [5, 5.41) is 8.75. The third-order valence-corrected chi connectivity index (χ3v) is 4.06. The molecule has 1 amide bonds. The first kappa shape index (κ1) is 15.7. The van der Waals surface area contributed by atoms with Gasteiger partial charge < -0.3 is 4.74 Å². The smallest absolute Gasteiger partial charge is 0.422 e. The van der Waals surface area contributed by atoms with Crippen molar-refractivity contribution in [3.05, 3.63) is 0 Å². The van der Waals surface area contributed by atoms with Crippen molar-refractivity contribution in [1.29, 1.82) is 5.26 Å². The van der Waals surface area contributed by atoms with Crippen molar-refractivity contribution in [3.8, 4) is 6.07 Å². The molecule has 7 nitrogen and oxygen atoms in total. The van der Waals surface area contributed by atoms with Crippen molar-refractivity contribution in [2.45, 2.75) is 39.2 Å². The van der Waals surface area contributed by atoms with Gasteiger partial charge in [-0.05, 0) is 33.6 Å². The van der Waals surface area contributed by atoms with Crippen LogP contribution in [0.2, 0.25) is 0 Å². The number of nitrogens with one attached hydrogen (secondary N) is 1. The zero-order valence-corrected chi connectivity index (χ0v) is 12.2. The predicted molar refractivity (Wildman–Crippen MR) is 68.2 cm³/mol. The van der Waals surface area contributed by atoms with E-state index in [9.17, 15) is 13.2 Å². The van der Waals surface area contributed by atoms with Crippen LogP contribution in [0.15, 0.2) is 0 Å². The Morgan fingerprint density at radius 3 is 2.32 bits per heavy atom. The van der Waals surface area contributed by atoms with E-state index in [1.807, 2.05) is 4.72 Å². The number of carbonyl (C=O) groups excluding carboxylic acids is 1. The number of rotatable bonds is 2. The van der Waals surface area contributed by atoms with E-state index in [4.69, 9.17) is 10.00 Å². The van der Waals surface area contributed by atoms with Crippen LogP contribution >= 0.6 is 0 Å². The molecule has 1 heterocycles. The summed E-state index contributed by atoms with van der Waals surface area (Å²) in [6.45, 7) is 5.42. The normalized spacial score (nSPS) is 18.6. The van der Waals surface area contributed by atoms with E-state index in [-0.39, 0.29) is 19.0 Å². The highest BCUT2D eigenvalue weighted by Gasteiger charge is 2.30. The maximum absolute atomic E-state index is 11.9. The molecule has 0 bridgehead atoms. The molecular weight excluding hydrogens is 270 g/mol. The van der Waals surface area contributed by atoms with Gasteiger partial charge >= 0.3 is 16.3 Å². The van der Waals surface area contributed by atoms with Crippen molar-refractivity contribution in [2.75, 3.05) is 13.1 Å². The monoisotopic (exact) mass is 289 g/mol. The second-order valence-corrected chi connectivity index (χ2v) is 7.08. The molecule has 0 saturated carbocycles. The van der Waals surface area contributed by atoms with Crippen LogP contribution < -0.4 is 4.72 Å². The van der Waals surface area contributed by atoms with E-state index in [1.54, 1.807) is 20.8 Å². The van der Waals surface area contributed by atoms with Crippen LogP contribution in [0.5, 0.6) is 0 Å². The summed E-state index contributed by atoms with van der Waals surface area (Å²) in [6, 6.07) is 2.11. The number of piperidine rings is 1. The second kappa shape index (κ2) is 5.75. The standard InChI is InChI=1S/C11H19N3O4S/c1-11(2,3)18-10(15)13-19(16,17)14-6-4-9(8-12)5-7-14/h9H,4-7H2,1-3H3,(H,13,15). The number of hydrogen-bond donors (Lipinski definition) is 1. The first-order valence-electron chi connectivity index (χ1n) is 6.04. The zero-order chi connectivity index (χ0) is 14.7. The molecule has 0 spiro atoms.